The highest BCUT2D eigenvalue weighted by Gasteiger charge is 2.20. The van der Waals surface area contributed by atoms with Crippen LogP contribution in [0.1, 0.15) is 23.5 Å². The third kappa shape index (κ3) is 4.84. The molecule has 134 valence electrons. The number of hydrogen-bond donors (Lipinski definition) is 1. The third-order valence-corrected chi connectivity index (χ3v) is 4.86. The van der Waals surface area contributed by atoms with Crippen molar-refractivity contribution in [3.63, 3.8) is 0 Å². The molecule has 3 rings (SSSR count). The number of hydrogen-bond acceptors (Lipinski definition) is 4. The van der Waals surface area contributed by atoms with Crippen LogP contribution in [-0.2, 0) is 24.4 Å². The topological polar surface area (TPSA) is 56.9 Å². The normalized spacial score (nSPS) is 16.0. The summed E-state index contributed by atoms with van der Waals surface area (Å²) in [5, 5.41) is 9.72. The molecule has 0 atom stereocenters. The molecular weight excluding hydrogens is 340 g/mol. The Balaban J connectivity index is 1.54. The minimum atomic E-state index is -0.0790. The summed E-state index contributed by atoms with van der Waals surface area (Å²) >= 11 is 6.16. The number of carbonyl (C=O) groups excluding carboxylic acids is 1. The number of carbonyl (C=O) groups is 1. The number of halogens is 1. The summed E-state index contributed by atoms with van der Waals surface area (Å²) in [6, 6.07) is 11.2. The van der Waals surface area contributed by atoms with E-state index in [0.717, 1.165) is 37.4 Å². The zero-order valence-electron chi connectivity index (χ0n) is 14.2. The summed E-state index contributed by atoms with van der Waals surface area (Å²) in [4.78, 5) is 16.8. The monoisotopic (exact) mass is 362 g/mol. The zero-order valence-corrected chi connectivity index (χ0v) is 14.9. The highest BCUT2D eigenvalue weighted by molar-refractivity contribution is 6.31. The van der Waals surface area contributed by atoms with Gasteiger partial charge in [-0.25, -0.2) is 0 Å². The molecule has 1 aromatic heterocycles. The quantitative estimate of drug-likeness (QED) is 0.888. The van der Waals surface area contributed by atoms with Gasteiger partial charge in [-0.15, -0.1) is 0 Å². The largest absolute Gasteiger partial charge is 0.462 e. The van der Waals surface area contributed by atoms with E-state index < -0.39 is 0 Å². The smallest absolute Gasteiger partial charge is 0.227 e. The van der Waals surface area contributed by atoms with Crippen LogP contribution in [0.3, 0.4) is 0 Å². The van der Waals surface area contributed by atoms with Crippen molar-refractivity contribution in [1.82, 2.24) is 9.80 Å². The standard InChI is InChI=1S/C19H23ClN2O3/c20-18-5-2-1-4-15(18)12-19(24)22-9-3-8-21(10-11-22)13-16-6-7-17(14-23)25-16/h1-2,4-7,23H,3,8-14H2. The average molecular weight is 363 g/mol. The molecule has 1 N–H and O–H groups in total. The molecule has 0 aliphatic carbocycles. The van der Waals surface area contributed by atoms with Crippen LogP contribution in [0.5, 0.6) is 0 Å². The predicted octanol–water partition coefficient (Wildman–Crippen LogP) is 2.70. The van der Waals surface area contributed by atoms with Gasteiger partial charge in [0.15, 0.2) is 0 Å². The van der Waals surface area contributed by atoms with Crippen molar-refractivity contribution in [2.75, 3.05) is 26.2 Å². The molecule has 5 nitrogen and oxygen atoms in total. The van der Waals surface area contributed by atoms with Gasteiger partial charge in [0.05, 0.1) is 13.0 Å². The van der Waals surface area contributed by atoms with E-state index in [0.29, 0.717) is 30.3 Å². The fourth-order valence-corrected chi connectivity index (χ4v) is 3.31. The highest BCUT2D eigenvalue weighted by atomic mass is 35.5. The van der Waals surface area contributed by atoms with E-state index >= 15 is 0 Å². The minimum absolute atomic E-state index is 0.0790. The second kappa shape index (κ2) is 8.52. The number of furan rings is 1. The Labute approximate surface area is 152 Å². The van der Waals surface area contributed by atoms with Crippen LogP contribution in [-0.4, -0.2) is 47.0 Å². The van der Waals surface area contributed by atoms with Crippen LogP contribution >= 0.6 is 11.6 Å². The molecule has 6 heteroatoms. The predicted molar refractivity (Wildman–Crippen MR) is 96.3 cm³/mol. The molecule has 0 bridgehead atoms. The minimum Gasteiger partial charge on any atom is -0.462 e. The van der Waals surface area contributed by atoms with E-state index in [4.69, 9.17) is 21.1 Å². The van der Waals surface area contributed by atoms with Gasteiger partial charge in [-0.2, -0.15) is 0 Å². The summed E-state index contributed by atoms with van der Waals surface area (Å²) in [5.74, 6) is 1.55. The average Bonchev–Trinajstić information content (AvgIpc) is 2.93. The Kier molecular flexibility index (Phi) is 6.13. The second-order valence-corrected chi connectivity index (χ2v) is 6.71. The Morgan fingerprint density at radius 1 is 1.08 bits per heavy atom. The lowest BCUT2D eigenvalue weighted by atomic mass is 10.1. The van der Waals surface area contributed by atoms with Gasteiger partial charge in [0.25, 0.3) is 0 Å². The van der Waals surface area contributed by atoms with Gasteiger partial charge in [0.2, 0.25) is 5.91 Å². The number of rotatable bonds is 5. The maximum Gasteiger partial charge on any atom is 0.227 e. The molecule has 0 unspecified atom stereocenters. The van der Waals surface area contributed by atoms with E-state index in [1.54, 1.807) is 6.07 Å². The van der Waals surface area contributed by atoms with E-state index in [2.05, 4.69) is 4.90 Å². The molecule has 0 radical (unpaired) electrons. The van der Waals surface area contributed by atoms with Gasteiger partial charge in [-0.3, -0.25) is 9.69 Å². The fourth-order valence-electron chi connectivity index (χ4n) is 3.11. The van der Waals surface area contributed by atoms with Crippen molar-refractivity contribution >= 4 is 17.5 Å². The Hall–Kier alpha value is -1.82. The van der Waals surface area contributed by atoms with E-state index in [1.165, 1.54) is 0 Å². The first kappa shape index (κ1) is 18.0. The summed E-state index contributed by atoms with van der Waals surface area (Å²) in [5.41, 5.74) is 0.877. The van der Waals surface area contributed by atoms with Crippen LogP contribution in [0, 0.1) is 0 Å². The SMILES string of the molecule is O=C(Cc1ccccc1Cl)N1CCCN(Cc2ccc(CO)o2)CC1. The van der Waals surface area contributed by atoms with Crippen molar-refractivity contribution in [3.05, 3.63) is 58.5 Å². The van der Waals surface area contributed by atoms with Crippen LogP contribution in [0.2, 0.25) is 5.02 Å². The molecule has 1 saturated heterocycles. The van der Waals surface area contributed by atoms with E-state index in [-0.39, 0.29) is 12.5 Å². The van der Waals surface area contributed by atoms with Crippen LogP contribution in [0.4, 0.5) is 0 Å². The van der Waals surface area contributed by atoms with E-state index in [9.17, 15) is 4.79 Å². The van der Waals surface area contributed by atoms with Crippen molar-refractivity contribution < 1.29 is 14.3 Å². The number of aliphatic hydroxyl groups is 1. The molecule has 2 heterocycles. The van der Waals surface area contributed by atoms with Crippen LogP contribution in [0.25, 0.3) is 0 Å². The molecule has 1 amide bonds. The molecule has 1 fully saturated rings. The lowest BCUT2D eigenvalue weighted by molar-refractivity contribution is -0.130. The molecule has 1 aliphatic rings. The van der Waals surface area contributed by atoms with Gasteiger partial charge in [-0.05, 0) is 30.2 Å². The molecule has 1 aliphatic heterocycles. The highest BCUT2D eigenvalue weighted by Crippen LogP contribution is 2.17. The molecular formula is C19H23ClN2O3. The van der Waals surface area contributed by atoms with E-state index in [1.807, 2.05) is 35.2 Å². The molecule has 2 aromatic rings. The van der Waals surface area contributed by atoms with Gasteiger partial charge in [0.1, 0.15) is 18.1 Å². The number of amides is 1. The fraction of sp³-hybridized carbons (Fsp3) is 0.421. The first-order valence-corrected chi connectivity index (χ1v) is 8.95. The summed E-state index contributed by atoms with van der Waals surface area (Å²) in [7, 11) is 0. The van der Waals surface area contributed by atoms with Crippen LogP contribution in [0.15, 0.2) is 40.8 Å². The summed E-state index contributed by atoms with van der Waals surface area (Å²) < 4.78 is 5.56. The summed E-state index contributed by atoms with van der Waals surface area (Å²) in [6.07, 6.45) is 1.28. The number of nitrogens with zero attached hydrogens (tertiary/aromatic N) is 2. The first-order chi connectivity index (χ1) is 12.2. The summed E-state index contributed by atoms with van der Waals surface area (Å²) in [6.45, 7) is 3.82. The van der Waals surface area contributed by atoms with Gasteiger partial charge >= 0.3 is 0 Å². The molecule has 1 aromatic carbocycles. The maximum absolute atomic E-state index is 12.6. The number of aliphatic hydroxyl groups excluding tert-OH is 1. The molecule has 0 spiro atoms. The van der Waals surface area contributed by atoms with Gasteiger partial charge in [0, 0.05) is 31.2 Å². The third-order valence-electron chi connectivity index (χ3n) is 4.49. The first-order valence-electron chi connectivity index (χ1n) is 8.57. The van der Waals surface area contributed by atoms with Crippen molar-refractivity contribution in [1.29, 1.82) is 0 Å². The molecule has 0 saturated carbocycles. The Morgan fingerprint density at radius 2 is 1.88 bits per heavy atom. The lowest BCUT2D eigenvalue weighted by Gasteiger charge is -2.21. The Bertz CT molecular complexity index is 716. The number of benzene rings is 1. The van der Waals surface area contributed by atoms with Gasteiger partial charge < -0.3 is 14.4 Å². The van der Waals surface area contributed by atoms with Crippen molar-refractivity contribution in [2.24, 2.45) is 0 Å². The zero-order chi connectivity index (χ0) is 17.6. The molecule has 25 heavy (non-hydrogen) atoms. The van der Waals surface area contributed by atoms with Crippen molar-refractivity contribution in [2.45, 2.75) is 26.0 Å². The van der Waals surface area contributed by atoms with Gasteiger partial charge in [-0.1, -0.05) is 29.8 Å². The maximum atomic E-state index is 12.6. The van der Waals surface area contributed by atoms with Crippen molar-refractivity contribution in [3.8, 4) is 0 Å². The Morgan fingerprint density at radius 3 is 2.64 bits per heavy atom. The van der Waals surface area contributed by atoms with Crippen LogP contribution < -0.4 is 0 Å². The lowest BCUT2D eigenvalue weighted by Crippen LogP contribution is -2.36. The second-order valence-electron chi connectivity index (χ2n) is 6.30.